The van der Waals surface area contributed by atoms with Crippen LogP contribution >= 0.6 is 0 Å². The predicted molar refractivity (Wildman–Crippen MR) is 91.0 cm³/mol. The van der Waals surface area contributed by atoms with E-state index in [9.17, 15) is 9.90 Å². The van der Waals surface area contributed by atoms with Crippen molar-refractivity contribution in [2.24, 2.45) is 0 Å². The third kappa shape index (κ3) is 11.3. The summed E-state index contributed by atoms with van der Waals surface area (Å²) in [6.07, 6.45) is 15.1. The third-order valence-electron chi connectivity index (χ3n) is 4.02. The number of allylic oxidation sites excluding steroid dienone is 2. The summed E-state index contributed by atoms with van der Waals surface area (Å²) in [5.74, 6) is -4.86. The Morgan fingerprint density at radius 2 is 1.39 bits per heavy atom. The molecule has 1 unspecified atom stereocenters. The molecule has 0 heterocycles. The van der Waals surface area contributed by atoms with Crippen molar-refractivity contribution in [1.29, 1.82) is 0 Å². The van der Waals surface area contributed by atoms with Gasteiger partial charge in [0, 0.05) is 0 Å². The normalized spacial score (nSPS) is 13.6. The quantitative estimate of drug-likeness (QED) is 0.210. The van der Waals surface area contributed by atoms with Crippen molar-refractivity contribution in [3.05, 3.63) is 12.2 Å². The number of carboxylic acid groups (broad SMARTS) is 1. The average Bonchev–Trinajstić information content (AvgIpc) is 2.51. The minimum Gasteiger partial charge on any atom is -0.477 e. The van der Waals surface area contributed by atoms with Gasteiger partial charge in [0.1, 0.15) is 6.10 Å². The SMILES string of the molecule is CCCCCCCCC=CCCCCCC(O)C(O)(O)C(=O)O. The van der Waals surface area contributed by atoms with Crippen molar-refractivity contribution in [2.45, 2.75) is 95.9 Å². The molecule has 5 nitrogen and oxygen atoms in total. The lowest BCUT2D eigenvalue weighted by Gasteiger charge is -2.22. The second-order valence-electron chi connectivity index (χ2n) is 6.21. The lowest BCUT2D eigenvalue weighted by molar-refractivity contribution is -0.237. The van der Waals surface area contributed by atoms with Gasteiger partial charge in [0.15, 0.2) is 0 Å². The highest BCUT2D eigenvalue weighted by Gasteiger charge is 2.41. The largest absolute Gasteiger partial charge is 0.477 e. The molecule has 0 aliphatic rings. The maximum absolute atomic E-state index is 10.5. The molecule has 0 aliphatic carbocycles. The fourth-order valence-electron chi connectivity index (χ4n) is 2.40. The zero-order chi connectivity index (χ0) is 17.6. The van der Waals surface area contributed by atoms with E-state index < -0.39 is 17.9 Å². The summed E-state index contributed by atoms with van der Waals surface area (Å²) >= 11 is 0. The second kappa shape index (κ2) is 13.5. The zero-order valence-corrected chi connectivity index (χ0v) is 14.4. The number of aliphatic carboxylic acids is 1. The first-order chi connectivity index (χ1) is 10.9. The van der Waals surface area contributed by atoms with Gasteiger partial charge in [-0.3, -0.25) is 0 Å². The van der Waals surface area contributed by atoms with Crippen LogP contribution in [0.2, 0.25) is 0 Å². The van der Waals surface area contributed by atoms with E-state index in [1.807, 2.05) is 0 Å². The van der Waals surface area contributed by atoms with E-state index in [1.54, 1.807) is 0 Å². The highest BCUT2D eigenvalue weighted by Crippen LogP contribution is 2.15. The van der Waals surface area contributed by atoms with Crippen LogP contribution in [0.3, 0.4) is 0 Å². The van der Waals surface area contributed by atoms with Crippen LogP contribution in [-0.4, -0.2) is 38.3 Å². The van der Waals surface area contributed by atoms with Gasteiger partial charge in [-0.05, 0) is 32.1 Å². The van der Waals surface area contributed by atoms with E-state index in [-0.39, 0.29) is 6.42 Å². The van der Waals surface area contributed by atoms with Crippen LogP contribution in [0.25, 0.3) is 0 Å². The molecule has 136 valence electrons. The summed E-state index contributed by atoms with van der Waals surface area (Å²) in [5, 5.41) is 36.3. The maximum atomic E-state index is 10.5. The lowest BCUT2D eigenvalue weighted by atomic mass is 10.0. The van der Waals surface area contributed by atoms with Crippen LogP contribution in [-0.2, 0) is 4.79 Å². The maximum Gasteiger partial charge on any atom is 0.366 e. The van der Waals surface area contributed by atoms with Crippen molar-refractivity contribution in [3.63, 3.8) is 0 Å². The van der Waals surface area contributed by atoms with Crippen LogP contribution in [0.5, 0.6) is 0 Å². The molecule has 1 atom stereocenters. The zero-order valence-electron chi connectivity index (χ0n) is 14.4. The van der Waals surface area contributed by atoms with Gasteiger partial charge in [-0.25, -0.2) is 4.79 Å². The molecule has 0 radical (unpaired) electrons. The van der Waals surface area contributed by atoms with E-state index in [0.717, 1.165) is 25.7 Å². The first-order valence-corrected chi connectivity index (χ1v) is 8.94. The molecule has 0 aromatic carbocycles. The van der Waals surface area contributed by atoms with Crippen molar-refractivity contribution in [1.82, 2.24) is 0 Å². The average molecular weight is 330 g/mol. The van der Waals surface area contributed by atoms with Crippen LogP contribution in [0.15, 0.2) is 12.2 Å². The molecule has 5 heteroatoms. The Kier molecular flexibility index (Phi) is 13.0. The number of aliphatic hydroxyl groups is 3. The second-order valence-corrected chi connectivity index (χ2v) is 6.21. The van der Waals surface area contributed by atoms with Crippen LogP contribution in [0.1, 0.15) is 84.0 Å². The predicted octanol–water partition coefficient (Wildman–Crippen LogP) is 3.37. The molecule has 0 aromatic rings. The molecular formula is C18H34O5. The fourth-order valence-corrected chi connectivity index (χ4v) is 2.40. The summed E-state index contributed by atoms with van der Waals surface area (Å²) in [5.41, 5.74) is 0. The van der Waals surface area contributed by atoms with Crippen molar-refractivity contribution >= 4 is 5.97 Å². The van der Waals surface area contributed by atoms with Crippen molar-refractivity contribution in [3.8, 4) is 0 Å². The van der Waals surface area contributed by atoms with E-state index >= 15 is 0 Å². The molecule has 23 heavy (non-hydrogen) atoms. The van der Waals surface area contributed by atoms with E-state index in [4.69, 9.17) is 15.3 Å². The van der Waals surface area contributed by atoms with E-state index in [2.05, 4.69) is 19.1 Å². The topological polar surface area (TPSA) is 98.0 Å². The van der Waals surface area contributed by atoms with Gasteiger partial charge < -0.3 is 20.4 Å². The van der Waals surface area contributed by atoms with Gasteiger partial charge in [-0.1, -0.05) is 64.0 Å². The number of unbranched alkanes of at least 4 members (excludes halogenated alkanes) is 9. The molecule has 0 rings (SSSR count). The van der Waals surface area contributed by atoms with Crippen LogP contribution < -0.4 is 0 Å². The molecular weight excluding hydrogens is 296 g/mol. The molecule has 0 bridgehead atoms. The molecule has 0 fully saturated rings. The van der Waals surface area contributed by atoms with Gasteiger partial charge >= 0.3 is 5.97 Å². The lowest BCUT2D eigenvalue weighted by Crippen LogP contribution is -2.49. The van der Waals surface area contributed by atoms with Crippen LogP contribution in [0.4, 0.5) is 0 Å². The standard InChI is InChI=1S/C18H34O5/c1-2-3-4-5-6-7-8-9-10-11-12-13-14-15-16(19)18(22,23)17(20)21/h9-10,16,19,22-23H,2-8,11-15H2,1H3,(H,20,21). The smallest absolute Gasteiger partial charge is 0.366 e. The van der Waals surface area contributed by atoms with Gasteiger partial charge in [0.25, 0.3) is 5.79 Å². The van der Waals surface area contributed by atoms with Crippen LogP contribution in [0, 0.1) is 0 Å². The van der Waals surface area contributed by atoms with Gasteiger partial charge in [-0.15, -0.1) is 0 Å². The number of hydrogen-bond acceptors (Lipinski definition) is 4. The van der Waals surface area contributed by atoms with Gasteiger partial charge in [0.2, 0.25) is 0 Å². The Bertz CT molecular complexity index is 325. The number of carbonyl (C=O) groups is 1. The highest BCUT2D eigenvalue weighted by molar-refractivity contribution is 5.75. The Balaban J connectivity index is 3.45. The minimum absolute atomic E-state index is 0.0702. The summed E-state index contributed by atoms with van der Waals surface area (Å²) in [7, 11) is 0. The first kappa shape index (κ1) is 22.1. The monoisotopic (exact) mass is 330 g/mol. The summed E-state index contributed by atoms with van der Waals surface area (Å²) in [4.78, 5) is 10.5. The highest BCUT2D eigenvalue weighted by atomic mass is 16.6. The first-order valence-electron chi connectivity index (χ1n) is 8.94. The molecule has 0 saturated heterocycles. The molecule has 0 aromatic heterocycles. The summed E-state index contributed by atoms with van der Waals surface area (Å²) in [6, 6.07) is 0. The number of hydrogen-bond donors (Lipinski definition) is 4. The molecule has 4 N–H and O–H groups in total. The molecule has 0 amide bonds. The van der Waals surface area contributed by atoms with Crippen molar-refractivity contribution < 1.29 is 25.2 Å². The Labute approximate surface area is 140 Å². The Morgan fingerprint density at radius 1 is 0.913 bits per heavy atom. The Morgan fingerprint density at radius 3 is 1.91 bits per heavy atom. The summed E-state index contributed by atoms with van der Waals surface area (Å²) in [6.45, 7) is 2.22. The van der Waals surface area contributed by atoms with E-state index in [0.29, 0.717) is 6.42 Å². The molecule has 0 saturated carbocycles. The summed E-state index contributed by atoms with van der Waals surface area (Å²) < 4.78 is 0. The van der Waals surface area contributed by atoms with Crippen molar-refractivity contribution in [2.75, 3.05) is 0 Å². The van der Waals surface area contributed by atoms with Gasteiger partial charge in [0.05, 0.1) is 0 Å². The molecule has 0 spiro atoms. The molecule has 0 aliphatic heterocycles. The number of aliphatic hydroxyl groups excluding tert-OH is 1. The fraction of sp³-hybridized carbons (Fsp3) is 0.833. The third-order valence-corrected chi connectivity index (χ3v) is 4.02. The minimum atomic E-state index is -3.04. The Hall–Kier alpha value is -0.910. The van der Waals surface area contributed by atoms with Gasteiger partial charge in [-0.2, -0.15) is 0 Å². The number of carboxylic acids is 1. The number of rotatable bonds is 15. The van der Waals surface area contributed by atoms with E-state index in [1.165, 1.54) is 38.5 Å².